The highest BCUT2D eigenvalue weighted by molar-refractivity contribution is 9.10. The molecule has 1 heterocycles. The van der Waals surface area contributed by atoms with E-state index in [0.717, 1.165) is 21.2 Å². The monoisotopic (exact) mass is 317 g/mol. The van der Waals surface area contributed by atoms with Crippen LogP contribution in [-0.2, 0) is 0 Å². The molecular weight excluding hydrogens is 310 g/mol. The molecule has 0 aliphatic heterocycles. The third-order valence-corrected chi connectivity index (χ3v) is 2.64. The molecule has 1 aromatic heterocycles. The Balaban J connectivity index is 0.000000980. The summed E-state index contributed by atoms with van der Waals surface area (Å²) in [5.74, 6) is 0. The van der Waals surface area contributed by atoms with E-state index in [1.54, 1.807) is 6.20 Å². The molecule has 2 aromatic rings. The summed E-state index contributed by atoms with van der Waals surface area (Å²) in [5, 5.41) is 0. The van der Waals surface area contributed by atoms with Crippen molar-refractivity contribution in [3.8, 4) is 0 Å². The van der Waals surface area contributed by atoms with E-state index in [1.165, 1.54) is 0 Å². The van der Waals surface area contributed by atoms with Gasteiger partial charge in [-0.05, 0) is 35.0 Å². The number of fused-ring (bicyclic) bond motifs is 1. The van der Waals surface area contributed by atoms with Crippen molar-refractivity contribution >= 4 is 49.6 Å². The number of aryl methyl sites for hydroxylation is 1. The van der Waals surface area contributed by atoms with Crippen LogP contribution in [0.25, 0.3) is 11.0 Å². The maximum atomic E-state index is 5.71. The molecule has 0 aliphatic rings. The van der Waals surface area contributed by atoms with Crippen molar-refractivity contribution in [3.05, 3.63) is 28.5 Å². The minimum absolute atomic E-state index is 0. The number of anilines is 1. The zero-order chi connectivity index (χ0) is 9.42. The van der Waals surface area contributed by atoms with E-state index < -0.39 is 0 Å². The Morgan fingerprint density at radius 1 is 1.36 bits per heavy atom. The number of halogens is 2. The maximum Gasteiger partial charge on any atom is 0.105 e. The number of nitrogens with zero attached hydrogens (tertiary/aromatic N) is 2. The van der Waals surface area contributed by atoms with Gasteiger partial charge in [0.25, 0.3) is 0 Å². The van der Waals surface area contributed by atoms with Gasteiger partial charge in [-0.25, -0.2) is 4.98 Å². The molecule has 14 heavy (non-hydrogen) atoms. The lowest BCUT2D eigenvalue weighted by Crippen LogP contribution is -1.92. The molecule has 0 saturated carbocycles. The zero-order valence-electron chi connectivity index (χ0n) is 7.49. The molecule has 0 spiro atoms. The number of nitrogen functional groups attached to an aromatic ring is 1. The van der Waals surface area contributed by atoms with Crippen molar-refractivity contribution in [2.45, 2.75) is 6.92 Å². The summed E-state index contributed by atoms with van der Waals surface area (Å²) in [6, 6.07) is 3.69. The van der Waals surface area contributed by atoms with Crippen LogP contribution < -0.4 is 5.73 Å². The van der Waals surface area contributed by atoms with Crippen LogP contribution >= 0.6 is 32.9 Å². The van der Waals surface area contributed by atoms with E-state index >= 15 is 0 Å². The lowest BCUT2D eigenvalue weighted by atomic mass is 10.2. The first kappa shape index (κ1) is 11.4. The number of hydrogen-bond donors (Lipinski definition) is 1. The maximum absolute atomic E-state index is 5.71. The molecule has 0 aliphatic carbocycles. The quantitative estimate of drug-likeness (QED) is 0.760. The molecular formula is C9H9Br2N3. The second kappa shape index (κ2) is 4.23. The fourth-order valence-electron chi connectivity index (χ4n) is 1.16. The highest BCUT2D eigenvalue weighted by atomic mass is 79.9. The number of aromatic nitrogens is 2. The van der Waals surface area contributed by atoms with Crippen LogP contribution in [0.2, 0.25) is 0 Å². The molecule has 0 amide bonds. The van der Waals surface area contributed by atoms with Gasteiger partial charge in [-0.2, -0.15) is 0 Å². The van der Waals surface area contributed by atoms with E-state index in [1.807, 2.05) is 19.1 Å². The van der Waals surface area contributed by atoms with Gasteiger partial charge >= 0.3 is 0 Å². The topological polar surface area (TPSA) is 51.8 Å². The van der Waals surface area contributed by atoms with E-state index in [-0.39, 0.29) is 17.0 Å². The Morgan fingerprint density at radius 2 is 2.07 bits per heavy atom. The zero-order valence-corrected chi connectivity index (χ0v) is 10.8. The van der Waals surface area contributed by atoms with E-state index in [4.69, 9.17) is 5.73 Å². The molecule has 2 rings (SSSR count). The first-order chi connectivity index (χ1) is 6.18. The normalized spacial score (nSPS) is 9.86. The van der Waals surface area contributed by atoms with Crippen LogP contribution in [0.3, 0.4) is 0 Å². The number of nitrogens with two attached hydrogens (primary N) is 1. The van der Waals surface area contributed by atoms with Crippen molar-refractivity contribution in [1.29, 1.82) is 0 Å². The van der Waals surface area contributed by atoms with Gasteiger partial charge in [0.1, 0.15) is 5.52 Å². The minimum atomic E-state index is 0. The van der Waals surface area contributed by atoms with Gasteiger partial charge in [-0.1, -0.05) is 0 Å². The molecule has 2 N–H and O–H groups in total. The Bertz CT molecular complexity index is 471. The van der Waals surface area contributed by atoms with E-state index in [0.29, 0.717) is 5.69 Å². The molecule has 0 atom stereocenters. The smallest absolute Gasteiger partial charge is 0.105 e. The van der Waals surface area contributed by atoms with Gasteiger partial charge in [0.05, 0.1) is 15.7 Å². The van der Waals surface area contributed by atoms with Crippen molar-refractivity contribution in [3.63, 3.8) is 0 Å². The summed E-state index contributed by atoms with van der Waals surface area (Å²) in [6.45, 7) is 1.91. The van der Waals surface area contributed by atoms with Crippen LogP contribution in [0.4, 0.5) is 5.69 Å². The number of rotatable bonds is 0. The SMILES string of the molecule is Br.Cc1cnc2c(Br)c(N)ccc2n1. The van der Waals surface area contributed by atoms with Crippen LogP contribution in [-0.4, -0.2) is 9.97 Å². The van der Waals surface area contributed by atoms with E-state index in [2.05, 4.69) is 25.9 Å². The summed E-state index contributed by atoms with van der Waals surface area (Å²) in [7, 11) is 0. The molecule has 74 valence electrons. The van der Waals surface area contributed by atoms with Gasteiger partial charge in [0.15, 0.2) is 0 Å². The molecule has 3 nitrogen and oxygen atoms in total. The number of hydrogen-bond acceptors (Lipinski definition) is 3. The second-order valence-corrected chi connectivity index (χ2v) is 3.64. The second-order valence-electron chi connectivity index (χ2n) is 2.85. The largest absolute Gasteiger partial charge is 0.398 e. The standard InChI is InChI=1S/C9H8BrN3.BrH/c1-5-4-12-9-7(13-5)3-2-6(11)8(9)10;/h2-4H,11H2,1H3;1H. The Kier molecular flexibility index (Phi) is 3.44. The first-order valence-corrected chi connectivity index (χ1v) is 4.65. The van der Waals surface area contributed by atoms with Crippen molar-refractivity contribution in [2.75, 3.05) is 5.73 Å². The highest BCUT2D eigenvalue weighted by Crippen LogP contribution is 2.26. The lowest BCUT2D eigenvalue weighted by Gasteiger charge is -2.02. The van der Waals surface area contributed by atoms with Gasteiger partial charge in [0.2, 0.25) is 0 Å². The molecule has 5 heteroatoms. The summed E-state index contributed by atoms with van der Waals surface area (Å²) in [5.41, 5.74) is 8.97. The lowest BCUT2D eigenvalue weighted by molar-refractivity contribution is 1.18. The van der Waals surface area contributed by atoms with Crippen LogP contribution in [0.15, 0.2) is 22.8 Å². The molecule has 1 aromatic carbocycles. The van der Waals surface area contributed by atoms with Gasteiger partial charge in [0, 0.05) is 11.9 Å². The van der Waals surface area contributed by atoms with E-state index in [9.17, 15) is 0 Å². The van der Waals surface area contributed by atoms with Crippen molar-refractivity contribution in [1.82, 2.24) is 9.97 Å². The third-order valence-electron chi connectivity index (χ3n) is 1.80. The van der Waals surface area contributed by atoms with Crippen LogP contribution in [0.5, 0.6) is 0 Å². The third kappa shape index (κ3) is 1.88. The Morgan fingerprint density at radius 3 is 2.79 bits per heavy atom. The molecule has 0 bridgehead atoms. The van der Waals surface area contributed by atoms with Gasteiger partial charge in [-0.3, -0.25) is 4.98 Å². The van der Waals surface area contributed by atoms with Crippen LogP contribution in [0.1, 0.15) is 5.69 Å². The predicted octanol–water partition coefficient (Wildman–Crippen LogP) is 2.86. The minimum Gasteiger partial charge on any atom is -0.398 e. The van der Waals surface area contributed by atoms with Crippen LogP contribution in [0, 0.1) is 6.92 Å². The van der Waals surface area contributed by atoms with Crippen molar-refractivity contribution < 1.29 is 0 Å². The molecule has 0 radical (unpaired) electrons. The summed E-state index contributed by atoms with van der Waals surface area (Å²) in [6.07, 6.45) is 1.73. The molecule has 0 saturated heterocycles. The first-order valence-electron chi connectivity index (χ1n) is 3.86. The number of benzene rings is 1. The predicted molar refractivity (Wildman–Crippen MR) is 66.7 cm³/mol. The Hall–Kier alpha value is -0.680. The Labute approximate surface area is 101 Å². The van der Waals surface area contributed by atoms with Gasteiger partial charge in [-0.15, -0.1) is 17.0 Å². The highest BCUT2D eigenvalue weighted by Gasteiger charge is 2.04. The average Bonchev–Trinajstić information content (AvgIpc) is 2.12. The average molecular weight is 319 g/mol. The van der Waals surface area contributed by atoms with Crippen molar-refractivity contribution in [2.24, 2.45) is 0 Å². The summed E-state index contributed by atoms with van der Waals surface area (Å²) >= 11 is 3.38. The fraction of sp³-hybridized carbons (Fsp3) is 0.111. The molecule has 0 fully saturated rings. The summed E-state index contributed by atoms with van der Waals surface area (Å²) in [4.78, 5) is 8.58. The van der Waals surface area contributed by atoms with Gasteiger partial charge < -0.3 is 5.73 Å². The summed E-state index contributed by atoms with van der Waals surface area (Å²) < 4.78 is 0.817. The molecule has 0 unspecified atom stereocenters. The fourth-order valence-corrected chi connectivity index (χ4v) is 1.60.